The van der Waals surface area contributed by atoms with Gasteiger partial charge in [0.2, 0.25) is 5.91 Å². The van der Waals surface area contributed by atoms with Crippen molar-refractivity contribution < 1.29 is 4.79 Å². The predicted molar refractivity (Wildman–Crippen MR) is 122 cm³/mol. The van der Waals surface area contributed by atoms with Gasteiger partial charge in [-0.25, -0.2) is 0 Å². The third-order valence-electron chi connectivity index (χ3n) is 5.85. The van der Waals surface area contributed by atoms with E-state index in [1.165, 1.54) is 25.7 Å². The van der Waals surface area contributed by atoms with E-state index >= 15 is 0 Å². The molecule has 1 saturated carbocycles. The molecule has 1 aliphatic carbocycles. The average Bonchev–Trinajstić information content (AvgIpc) is 3.49. The summed E-state index contributed by atoms with van der Waals surface area (Å²) in [5, 5.41) is 16.7. The van der Waals surface area contributed by atoms with Crippen LogP contribution < -0.4 is 10.6 Å². The molecule has 1 aromatic heterocycles. The van der Waals surface area contributed by atoms with Crippen molar-refractivity contribution in [2.24, 2.45) is 4.99 Å². The molecule has 9 heteroatoms. The number of aryl methyl sites for hydroxylation is 1. The van der Waals surface area contributed by atoms with E-state index < -0.39 is 0 Å². The van der Waals surface area contributed by atoms with Gasteiger partial charge in [-0.15, -0.1) is 10.2 Å². The highest BCUT2D eigenvalue weighted by atomic mass is 32.2. The maximum absolute atomic E-state index is 11.7. The Labute approximate surface area is 184 Å². The molecule has 168 valence electrons. The minimum absolute atomic E-state index is 0.291. The van der Waals surface area contributed by atoms with Gasteiger partial charge in [-0.3, -0.25) is 9.79 Å². The number of hydrogen-bond acceptors (Lipinski definition) is 5. The van der Waals surface area contributed by atoms with Crippen LogP contribution in [0.5, 0.6) is 0 Å². The molecule has 1 aromatic rings. The van der Waals surface area contributed by atoms with Gasteiger partial charge >= 0.3 is 0 Å². The molecule has 0 unspecified atom stereocenters. The number of likely N-dealkylation sites (tertiary alicyclic amines) is 1. The topological polar surface area (TPSA) is 87.4 Å². The number of amides is 1. The molecule has 30 heavy (non-hydrogen) atoms. The number of carbonyl (C=O) groups is 1. The zero-order valence-corrected chi connectivity index (χ0v) is 19.3. The van der Waals surface area contributed by atoms with Gasteiger partial charge in [0.05, 0.1) is 0 Å². The van der Waals surface area contributed by atoms with Crippen LogP contribution >= 0.6 is 11.8 Å². The van der Waals surface area contributed by atoms with Crippen LogP contribution in [-0.4, -0.2) is 70.5 Å². The Morgan fingerprint density at radius 2 is 2.03 bits per heavy atom. The SMILES string of the molecule is CCNC(=NCCCN1CCCC1=O)NCCCc1nnc(SC)n1C1CCCC1. The van der Waals surface area contributed by atoms with Crippen LogP contribution in [-0.2, 0) is 11.2 Å². The van der Waals surface area contributed by atoms with Gasteiger partial charge in [0, 0.05) is 51.6 Å². The molecular weight excluding hydrogens is 398 g/mol. The summed E-state index contributed by atoms with van der Waals surface area (Å²) in [7, 11) is 0. The van der Waals surface area contributed by atoms with Crippen molar-refractivity contribution in [2.45, 2.75) is 75.9 Å². The summed E-state index contributed by atoms with van der Waals surface area (Å²) >= 11 is 1.69. The average molecular weight is 436 g/mol. The number of aliphatic imine (C=N–C) groups is 1. The fourth-order valence-electron chi connectivity index (χ4n) is 4.33. The summed E-state index contributed by atoms with van der Waals surface area (Å²) in [6.07, 6.45) is 11.7. The Bertz CT molecular complexity index is 700. The van der Waals surface area contributed by atoms with E-state index in [0.29, 0.717) is 18.4 Å². The van der Waals surface area contributed by atoms with Crippen LogP contribution in [0.15, 0.2) is 10.1 Å². The van der Waals surface area contributed by atoms with Gasteiger partial charge in [-0.1, -0.05) is 24.6 Å². The number of thioether (sulfide) groups is 1. The number of carbonyl (C=O) groups excluding carboxylic acids is 1. The molecule has 1 saturated heterocycles. The predicted octanol–water partition coefficient (Wildman–Crippen LogP) is 2.62. The molecule has 0 aromatic carbocycles. The summed E-state index contributed by atoms with van der Waals surface area (Å²) in [5.41, 5.74) is 0. The second-order valence-electron chi connectivity index (χ2n) is 8.04. The monoisotopic (exact) mass is 435 g/mol. The highest BCUT2D eigenvalue weighted by Gasteiger charge is 2.23. The lowest BCUT2D eigenvalue weighted by Gasteiger charge is -2.16. The molecular formula is C21H37N7OS. The third kappa shape index (κ3) is 6.36. The van der Waals surface area contributed by atoms with Gasteiger partial charge in [0.25, 0.3) is 0 Å². The molecule has 8 nitrogen and oxygen atoms in total. The van der Waals surface area contributed by atoms with Gasteiger partial charge < -0.3 is 20.1 Å². The number of nitrogens with one attached hydrogen (secondary N) is 2. The number of hydrogen-bond donors (Lipinski definition) is 2. The largest absolute Gasteiger partial charge is 0.357 e. The van der Waals surface area contributed by atoms with Crippen LogP contribution in [0.3, 0.4) is 0 Å². The summed E-state index contributed by atoms with van der Waals surface area (Å²) < 4.78 is 2.39. The standard InChI is InChI=1S/C21H37N7OS/c1-3-22-20(24-14-8-16-27-15-7-12-19(27)29)23-13-6-11-18-25-26-21(30-2)28(18)17-9-4-5-10-17/h17H,3-16H2,1-2H3,(H2,22,23,24). The Morgan fingerprint density at radius 1 is 1.20 bits per heavy atom. The highest BCUT2D eigenvalue weighted by Crippen LogP contribution is 2.33. The maximum Gasteiger partial charge on any atom is 0.222 e. The Kier molecular flexibility index (Phi) is 9.29. The number of guanidine groups is 1. The highest BCUT2D eigenvalue weighted by molar-refractivity contribution is 7.98. The van der Waals surface area contributed by atoms with Crippen molar-refractivity contribution in [3.05, 3.63) is 5.82 Å². The van der Waals surface area contributed by atoms with Crippen LogP contribution in [0.1, 0.15) is 70.2 Å². The van der Waals surface area contributed by atoms with Gasteiger partial charge in [0.15, 0.2) is 11.1 Å². The fourth-order valence-corrected chi connectivity index (χ4v) is 4.91. The second kappa shape index (κ2) is 12.2. The minimum atomic E-state index is 0.291. The smallest absolute Gasteiger partial charge is 0.222 e. The van der Waals surface area contributed by atoms with E-state index in [9.17, 15) is 4.79 Å². The fraction of sp³-hybridized carbons (Fsp3) is 0.810. The molecule has 2 heterocycles. The van der Waals surface area contributed by atoms with Gasteiger partial charge in [-0.05, 0) is 45.3 Å². The van der Waals surface area contributed by atoms with Crippen molar-refractivity contribution in [1.29, 1.82) is 0 Å². The molecule has 0 spiro atoms. The quantitative estimate of drug-likeness (QED) is 0.240. The number of rotatable bonds is 11. The van der Waals surface area contributed by atoms with Crippen molar-refractivity contribution in [1.82, 2.24) is 30.3 Å². The van der Waals surface area contributed by atoms with Crippen molar-refractivity contribution >= 4 is 23.6 Å². The van der Waals surface area contributed by atoms with E-state index in [4.69, 9.17) is 0 Å². The van der Waals surface area contributed by atoms with Crippen LogP contribution in [0, 0.1) is 0 Å². The summed E-state index contributed by atoms with van der Waals surface area (Å²) in [6, 6.07) is 0.576. The molecule has 2 aliphatic rings. The summed E-state index contributed by atoms with van der Waals surface area (Å²) in [6.45, 7) is 6.22. The minimum Gasteiger partial charge on any atom is -0.357 e. The van der Waals surface area contributed by atoms with E-state index in [2.05, 4.69) is 43.6 Å². The molecule has 0 bridgehead atoms. The molecule has 0 atom stereocenters. The summed E-state index contributed by atoms with van der Waals surface area (Å²) in [5.74, 6) is 2.26. The summed E-state index contributed by atoms with van der Waals surface area (Å²) in [4.78, 5) is 18.3. The van der Waals surface area contributed by atoms with Crippen LogP contribution in [0.2, 0.25) is 0 Å². The van der Waals surface area contributed by atoms with E-state index in [-0.39, 0.29) is 0 Å². The Balaban J connectivity index is 1.42. The van der Waals surface area contributed by atoms with Gasteiger partial charge in [0.1, 0.15) is 5.82 Å². The van der Waals surface area contributed by atoms with E-state index in [1.54, 1.807) is 11.8 Å². The Hall–Kier alpha value is -1.77. The van der Waals surface area contributed by atoms with Gasteiger partial charge in [-0.2, -0.15) is 0 Å². The first-order valence-electron chi connectivity index (χ1n) is 11.5. The number of nitrogens with zero attached hydrogens (tertiary/aromatic N) is 5. The van der Waals surface area contributed by atoms with Crippen LogP contribution in [0.25, 0.3) is 0 Å². The molecule has 2 fully saturated rings. The molecule has 2 N–H and O–H groups in total. The van der Waals surface area contributed by atoms with E-state index in [0.717, 1.165) is 75.3 Å². The first-order chi connectivity index (χ1) is 14.7. The molecule has 1 amide bonds. The van der Waals surface area contributed by atoms with Crippen molar-refractivity contribution in [2.75, 3.05) is 39.0 Å². The normalized spacial score (nSPS) is 17.9. The molecule has 0 radical (unpaired) electrons. The zero-order chi connectivity index (χ0) is 21.2. The lowest BCUT2D eigenvalue weighted by Crippen LogP contribution is -2.38. The molecule has 3 rings (SSSR count). The zero-order valence-electron chi connectivity index (χ0n) is 18.5. The first kappa shape index (κ1) is 22.9. The lowest BCUT2D eigenvalue weighted by molar-refractivity contribution is -0.127. The molecule has 1 aliphatic heterocycles. The van der Waals surface area contributed by atoms with Crippen molar-refractivity contribution in [3.8, 4) is 0 Å². The lowest BCUT2D eigenvalue weighted by atomic mass is 10.2. The van der Waals surface area contributed by atoms with E-state index in [1.807, 2.05) is 4.90 Å². The van der Waals surface area contributed by atoms with Crippen molar-refractivity contribution in [3.63, 3.8) is 0 Å². The maximum atomic E-state index is 11.7. The first-order valence-corrected chi connectivity index (χ1v) is 12.7. The number of aromatic nitrogens is 3. The Morgan fingerprint density at radius 3 is 2.73 bits per heavy atom. The third-order valence-corrected chi connectivity index (χ3v) is 6.49. The van der Waals surface area contributed by atoms with Crippen LogP contribution in [0.4, 0.5) is 0 Å². The second-order valence-corrected chi connectivity index (χ2v) is 8.81.